The fourth-order valence-electron chi connectivity index (χ4n) is 1.98. The number of hydrogen-bond acceptors (Lipinski definition) is 1. The SMILES string of the molecule is Cc1ccc2c(CCCN)cccc2c1. The van der Waals surface area contributed by atoms with Crippen molar-refractivity contribution in [2.24, 2.45) is 5.73 Å². The molecular weight excluding hydrogens is 182 g/mol. The van der Waals surface area contributed by atoms with Gasteiger partial charge in [0.2, 0.25) is 0 Å². The molecule has 0 unspecified atom stereocenters. The molecule has 0 aliphatic rings. The first-order valence-electron chi connectivity index (χ1n) is 5.49. The van der Waals surface area contributed by atoms with E-state index in [1.54, 1.807) is 0 Å². The molecular formula is C14H17N. The highest BCUT2D eigenvalue weighted by Crippen LogP contribution is 2.21. The second kappa shape index (κ2) is 4.45. The van der Waals surface area contributed by atoms with Crippen LogP contribution in [-0.4, -0.2) is 6.54 Å². The molecule has 2 rings (SSSR count). The molecule has 2 aromatic rings. The first-order chi connectivity index (χ1) is 7.31. The lowest BCUT2D eigenvalue weighted by molar-refractivity contribution is 0.837. The van der Waals surface area contributed by atoms with E-state index in [9.17, 15) is 0 Å². The summed E-state index contributed by atoms with van der Waals surface area (Å²) in [5.74, 6) is 0. The zero-order valence-electron chi connectivity index (χ0n) is 9.16. The Hall–Kier alpha value is -1.34. The molecule has 2 N–H and O–H groups in total. The molecule has 0 saturated heterocycles. The van der Waals surface area contributed by atoms with Gasteiger partial charge in [-0.25, -0.2) is 0 Å². The molecule has 2 aromatic carbocycles. The molecule has 15 heavy (non-hydrogen) atoms. The second-order valence-electron chi connectivity index (χ2n) is 4.03. The molecule has 0 amide bonds. The van der Waals surface area contributed by atoms with Gasteiger partial charge in [0.1, 0.15) is 0 Å². The number of aryl methyl sites for hydroxylation is 2. The number of rotatable bonds is 3. The van der Waals surface area contributed by atoms with Gasteiger partial charge in [-0.1, -0.05) is 42.0 Å². The number of fused-ring (bicyclic) bond motifs is 1. The zero-order chi connectivity index (χ0) is 10.7. The minimum absolute atomic E-state index is 0.766. The fourth-order valence-corrected chi connectivity index (χ4v) is 1.98. The van der Waals surface area contributed by atoms with Crippen molar-refractivity contribution in [3.8, 4) is 0 Å². The van der Waals surface area contributed by atoms with Crippen molar-refractivity contribution in [3.05, 3.63) is 47.5 Å². The summed E-state index contributed by atoms with van der Waals surface area (Å²) in [5, 5.41) is 2.71. The lowest BCUT2D eigenvalue weighted by Gasteiger charge is -2.06. The summed E-state index contributed by atoms with van der Waals surface area (Å²) in [4.78, 5) is 0. The minimum Gasteiger partial charge on any atom is -0.330 e. The van der Waals surface area contributed by atoms with Crippen LogP contribution in [0.15, 0.2) is 36.4 Å². The molecule has 0 spiro atoms. The van der Waals surface area contributed by atoms with Gasteiger partial charge < -0.3 is 5.73 Å². The average molecular weight is 199 g/mol. The van der Waals surface area contributed by atoms with Crippen LogP contribution in [0.5, 0.6) is 0 Å². The van der Waals surface area contributed by atoms with Crippen LogP contribution >= 0.6 is 0 Å². The molecule has 78 valence electrons. The fraction of sp³-hybridized carbons (Fsp3) is 0.286. The Balaban J connectivity index is 2.46. The van der Waals surface area contributed by atoms with E-state index in [2.05, 4.69) is 43.3 Å². The second-order valence-corrected chi connectivity index (χ2v) is 4.03. The van der Waals surface area contributed by atoms with Gasteiger partial charge in [-0.05, 0) is 42.6 Å². The van der Waals surface area contributed by atoms with E-state index < -0.39 is 0 Å². The highest BCUT2D eigenvalue weighted by atomic mass is 14.5. The summed E-state index contributed by atoms with van der Waals surface area (Å²) in [6.07, 6.45) is 2.14. The molecule has 0 aliphatic heterocycles. The molecule has 0 aliphatic carbocycles. The van der Waals surface area contributed by atoms with Crippen LogP contribution in [0.4, 0.5) is 0 Å². The van der Waals surface area contributed by atoms with Crippen LogP contribution in [0.25, 0.3) is 10.8 Å². The Kier molecular flexibility index (Phi) is 3.02. The summed E-state index contributed by atoms with van der Waals surface area (Å²) in [6, 6.07) is 13.1. The van der Waals surface area contributed by atoms with Crippen LogP contribution in [0, 0.1) is 6.92 Å². The van der Waals surface area contributed by atoms with E-state index in [1.807, 2.05) is 0 Å². The largest absolute Gasteiger partial charge is 0.330 e. The van der Waals surface area contributed by atoms with Crippen molar-refractivity contribution in [2.75, 3.05) is 6.54 Å². The Morgan fingerprint density at radius 1 is 1.13 bits per heavy atom. The van der Waals surface area contributed by atoms with Crippen LogP contribution in [0.2, 0.25) is 0 Å². The lowest BCUT2D eigenvalue weighted by atomic mass is 9.99. The van der Waals surface area contributed by atoms with Gasteiger partial charge in [-0.15, -0.1) is 0 Å². The Bertz CT molecular complexity index is 460. The van der Waals surface area contributed by atoms with Crippen molar-refractivity contribution in [1.82, 2.24) is 0 Å². The quantitative estimate of drug-likeness (QED) is 0.807. The molecule has 0 radical (unpaired) electrons. The van der Waals surface area contributed by atoms with Gasteiger partial charge in [-0.2, -0.15) is 0 Å². The first kappa shape index (κ1) is 10.2. The predicted molar refractivity (Wildman–Crippen MR) is 66.1 cm³/mol. The van der Waals surface area contributed by atoms with E-state index >= 15 is 0 Å². The molecule has 1 nitrogen and oxygen atoms in total. The number of benzene rings is 2. The topological polar surface area (TPSA) is 26.0 Å². The van der Waals surface area contributed by atoms with Crippen LogP contribution in [-0.2, 0) is 6.42 Å². The van der Waals surface area contributed by atoms with Gasteiger partial charge in [0.25, 0.3) is 0 Å². The maximum Gasteiger partial charge on any atom is -0.00741 e. The Morgan fingerprint density at radius 3 is 2.80 bits per heavy atom. The van der Waals surface area contributed by atoms with Crippen LogP contribution in [0.3, 0.4) is 0 Å². The zero-order valence-corrected chi connectivity index (χ0v) is 9.16. The number of nitrogens with two attached hydrogens (primary N) is 1. The molecule has 0 aromatic heterocycles. The van der Waals surface area contributed by atoms with Gasteiger partial charge >= 0.3 is 0 Å². The van der Waals surface area contributed by atoms with Gasteiger partial charge in [-0.3, -0.25) is 0 Å². The van der Waals surface area contributed by atoms with Gasteiger partial charge in [0, 0.05) is 0 Å². The third kappa shape index (κ3) is 2.18. The highest BCUT2D eigenvalue weighted by molar-refractivity contribution is 5.86. The summed E-state index contributed by atoms with van der Waals surface area (Å²) in [6.45, 7) is 2.90. The summed E-state index contributed by atoms with van der Waals surface area (Å²) < 4.78 is 0. The van der Waals surface area contributed by atoms with Gasteiger partial charge in [0.05, 0.1) is 0 Å². The van der Waals surface area contributed by atoms with E-state index in [1.165, 1.54) is 21.9 Å². The summed E-state index contributed by atoms with van der Waals surface area (Å²) in [5.41, 5.74) is 8.28. The Labute approximate surface area is 90.9 Å². The summed E-state index contributed by atoms with van der Waals surface area (Å²) >= 11 is 0. The average Bonchev–Trinajstić information content (AvgIpc) is 2.25. The molecule has 0 fully saturated rings. The molecule has 0 saturated carbocycles. The molecule has 0 bridgehead atoms. The monoisotopic (exact) mass is 199 g/mol. The lowest BCUT2D eigenvalue weighted by Crippen LogP contribution is -2.00. The van der Waals surface area contributed by atoms with E-state index in [0.29, 0.717) is 0 Å². The van der Waals surface area contributed by atoms with Crippen LogP contribution in [0.1, 0.15) is 17.5 Å². The van der Waals surface area contributed by atoms with Crippen molar-refractivity contribution in [1.29, 1.82) is 0 Å². The van der Waals surface area contributed by atoms with Crippen molar-refractivity contribution in [3.63, 3.8) is 0 Å². The van der Waals surface area contributed by atoms with Crippen molar-refractivity contribution >= 4 is 10.8 Å². The third-order valence-corrected chi connectivity index (χ3v) is 2.78. The van der Waals surface area contributed by atoms with E-state index in [4.69, 9.17) is 5.73 Å². The first-order valence-corrected chi connectivity index (χ1v) is 5.49. The Morgan fingerprint density at radius 2 is 2.00 bits per heavy atom. The van der Waals surface area contributed by atoms with Crippen molar-refractivity contribution in [2.45, 2.75) is 19.8 Å². The van der Waals surface area contributed by atoms with Crippen molar-refractivity contribution < 1.29 is 0 Å². The van der Waals surface area contributed by atoms with E-state index in [-0.39, 0.29) is 0 Å². The van der Waals surface area contributed by atoms with E-state index in [0.717, 1.165) is 19.4 Å². The number of hydrogen-bond donors (Lipinski definition) is 1. The molecule has 1 heteroatoms. The normalized spacial score (nSPS) is 10.8. The maximum absolute atomic E-state index is 5.54. The highest BCUT2D eigenvalue weighted by Gasteiger charge is 2.00. The van der Waals surface area contributed by atoms with Crippen LogP contribution < -0.4 is 5.73 Å². The minimum atomic E-state index is 0.766. The molecule has 0 heterocycles. The van der Waals surface area contributed by atoms with Gasteiger partial charge in [0.15, 0.2) is 0 Å². The molecule has 0 atom stereocenters. The third-order valence-electron chi connectivity index (χ3n) is 2.78. The summed E-state index contributed by atoms with van der Waals surface area (Å²) in [7, 11) is 0. The predicted octanol–water partition coefficient (Wildman–Crippen LogP) is 3.04. The smallest absolute Gasteiger partial charge is 0.00741 e. The maximum atomic E-state index is 5.54. The standard InChI is InChI=1S/C14H17N/c1-11-7-8-14-12(6-3-9-15)4-2-5-13(14)10-11/h2,4-5,7-8,10H,3,6,9,15H2,1H3.